The summed E-state index contributed by atoms with van der Waals surface area (Å²) in [7, 11) is 0. The molecule has 0 N–H and O–H groups in total. The van der Waals surface area contributed by atoms with Gasteiger partial charge in [-0.05, 0) is 29.7 Å². The first-order valence-electron chi connectivity index (χ1n) is 5.17. The maximum Gasteiger partial charge on any atom is 0.110 e. The van der Waals surface area contributed by atoms with Crippen LogP contribution in [0.15, 0.2) is 30.5 Å². The molecule has 0 aliphatic rings. The standard InChI is InChI=1S/C13H12N2S/c1-9(2)11-4-3-7-15-13(11)12-6-5-10(8-14)16-12/h3-7,9H,1-2H3. The van der Waals surface area contributed by atoms with E-state index in [0.717, 1.165) is 15.4 Å². The summed E-state index contributed by atoms with van der Waals surface area (Å²) in [4.78, 5) is 6.22. The molecule has 16 heavy (non-hydrogen) atoms. The van der Waals surface area contributed by atoms with E-state index in [1.807, 2.05) is 18.2 Å². The van der Waals surface area contributed by atoms with Gasteiger partial charge in [-0.2, -0.15) is 5.26 Å². The number of aromatic nitrogens is 1. The lowest BCUT2D eigenvalue weighted by Crippen LogP contribution is -1.93. The Morgan fingerprint density at radius 2 is 2.12 bits per heavy atom. The minimum absolute atomic E-state index is 0.441. The van der Waals surface area contributed by atoms with Gasteiger partial charge in [0, 0.05) is 6.20 Å². The predicted octanol–water partition coefficient (Wildman–Crippen LogP) is 3.81. The maximum absolute atomic E-state index is 8.82. The van der Waals surface area contributed by atoms with E-state index in [1.54, 1.807) is 6.20 Å². The van der Waals surface area contributed by atoms with Crippen molar-refractivity contribution in [3.8, 4) is 16.6 Å². The van der Waals surface area contributed by atoms with Crippen molar-refractivity contribution < 1.29 is 0 Å². The van der Waals surface area contributed by atoms with E-state index < -0.39 is 0 Å². The number of pyridine rings is 1. The Bertz CT molecular complexity index is 535. The van der Waals surface area contributed by atoms with Crippen molar-refractivity contribution in [2.75, 3.05) is 0 Å². The number of rotatable bonds is 2. The van der Waals surface area contributed by atoms with Gasteiger partial charge < -0.3 is 0 Å². The summed E-state index contributed by atoms with van der Waals surface area (Å²) < 4.78 is 0. The van der Waals surface area contributed by atoms with Crippen LogP contribution >= 0.6 is 11.3 Å². The number of thiophene rings is 1. The average molecular weight is 228 g/mol. The molecule has 80 valence electrons. The molecule has 0 spiro atoms. The average Bonchev–Trinajstić information content (AvgIpc) is 2.77. The van der Waals surface area contributed by atoms with Gasteiger partial charge in [-0.1, -0.05) is 19.9 Å². The third-order valence-corrected chi connectivity index (χ3v) is 3.41. The molecular weight excluding hydrogens is 216 g/mol. The van der Waals surface area contributed by atoms with E-state index in [4.69, 9.17) is 5.26 Å². The second-order valence-corrected chi connectivity index (χ2v) is 4.96. The normalized spacial score (nSPS) is 10.4. The van der Waals surface area contributed by atoms with Crippen molar-refractivity contribution in [1.82, 2.24) is 4.98 Å². The van der Waals surface area contributed by atoms with E-state index in [2.05, 4.69) is 31.0 Å². The van der Waals surface area contributed by atoms with Crippen LogP contribution < -0.4 is 0 Å². The van der Waals surface area contributed by atoms with E-state index >= 15 is 0 Å². The number of hydrogen-bond acceptors (Lipinski definition) is 3. The molecule has 3 heteroatoms. The van der Waals surface area contributed by atoms with Crippen molar-refractivity contribution in [2.24, 2.45) is 0 Å². The lowest BCUT2D eigenvalue weighted by molar-refractivity contribution is 0.862. The highest BCUT2D eigenvalue weighted by Gasteiger charge is 2.11. The van der Waals surface area contributed by atoms with Crippen LogP contribution in [0.4, 0.5) is 0 Å². The lowest BCUT2D eigenvalue weighted by Gasteiger charge is -2.09. The Kier molecular flexibility index (Phi) is 3.02. The Hall–Kier alpha value is -1.66. The maximum atomic E-state index is 8.82. The number of nitriles is 1. The third-order valence-electron chi connectivity index (χ3n) is 2.41. The largest absolute Gasteiger partial charge is 0.255 e. The first-order chi connectivity index (χ1) is 7.72. The van der Waals surface area contributed by atoms with Crippen molar-refractivity contribution >= 4 is 11.3 Å². The molecule has 0 amide bonds. The van der Waals surface area contributed by atoms with Crippen LogP contribution in [0.3, 0.4) is 0 Å². The Morgan fingerprint density at radius 3 is 2.75 bits per heavy atom. The zero-order chi connectivity index (χ0) is 11.5. The quantitative estimate of drug-likeness (QED) is 0.783. The molecule has 2 heterocycles. The van der Waals surface area contributed by atoms with E-state index in [1.165, 1.54) is 16.9 Å². The van der Waals surface area contributed by atoms with Crippen molar-refractivity contribution in [1.29, 1.82) is 5.26 Å². The first-order valence-corrected chi connectivity index (χ1v) is 5.99. The van der Waals surface area contributed by atoms with E-state index in [0.29, 0.717) is 5.92 Å². The summed E-state index contributed by atoms with van der Waals surface area (Å²) in [5, 5.41) is 8.82. The first kappa shape index (κ1) is 10.8. The topological polar surface area (TPSA) is 36.7 Å². The van der Waals surface area contributed by atoms with Crippen molar-refractivity contribution in [3.63, 3.8) is 0 Å². The minimum Gasteiger partial charge on any atom is -0.255 e. The van der Waals surface area contributed by atoms with Gasteiger partial charge >= 0.3 is 0 Å². The molecule has 0 aliphatic carbocycles. The van der Waals surface area contributed by atoms with Gasteiger partial charge in [0.1, 0.15) is 10.9 Å². The lowest BCUT2D eigenvalue weighted by atomic mass is 10.0. The molecule has 2 aromatic rings. The van der Waals surface area contributed by atoms with Crippen LogP contribution in [0.1, 0.15) is 30.2 Å². The van der Waals surface area contributed by atoms with Crippen LogP contribution in [0.2, 0.25) is 0 Å². The zero-order valence-electron chi connectivity index (χ0n) is 9.27. The third kappa shape index (κ3) is 1.98. The van der Waals surface area contributed by atoms with Gasteiger partial charge in [-0.3, -0.25) is 4.98 Å². The second-order valence-electron chi connectivity index (χ2n) is 3.87. The highest BCUT2D eigenvalue weighted by molar-refractivity contribution is 7.16. The Balaban J connectivity index is 2.52. The fourth-order valence-corrected chi connectivity index (χ4v) is 2.44. The van der Waals surface area contributed by atoms with E-state index in [-0.39, 0.29) is 0 Å². The molecule has 2 nitrogen and oxygen atoms in total. The van der Waals surface area contributed by atoms with Gasteiger partial charge in [0.05, 0.1) is 10.6 Å². The van der Waals surface area contributed by atoms with Crippen LogP contribution in [-0.2, 0) is 0 Å². The molecule has 0 saturated heterocycles. The molecule has 0 unspecified atom stereocenters. The summed E-state index contributed by atoms with van der Waals surface area (Å²) in [5.74, 6) is 0.441. The SMILES string of the molecule is CC(C)c1cccnc1-c1ccc(C#N)s1. The highest BCUT2D eigenvalue weighted by atomic mass is 32.1. The molecule has 0 atom stereocenters. The summed E-state index contributed by atoms with van der Waals surface area (Å²) in [6.45, 7) is 4.30. The smallest absolute Gasteiger partial charge is 0.110 e. The van der Waals surface area contributed by atoms with Gasteiger partial charge in [-0.15, -0.1) is 11.3 Å². The summed E-state index contributed by atoms with van der Waals surface area (Å²) >= 11 is 1.49. The van der Waals surface area contributed by atoms with E-state index in [9.17, 15) is 0 Å². The summed E-state index contributed by atoms with van der Waals surface area (Å²) in [6, 6.07) is 10.0. The Morgan fingerprint density at radius 1 is 1.31 bits per heavy atom. The van der Waals surface area contributed by atoms with Crippen LogP contribution in [-0.4, -0.2) is 4.98 Å². The fourth-order valence-electron chi connectivity index (χ4n) is 1.61. The van der Waals surface area contributed by atoms with Crippen LogP contribution in [0.25, 0.3) is 10.6 Å². The van der Waals surface area contributed by atoms with Gasteiger partial charge in [0.25, 0.3) is 0 Å². The predicted molar refractivity (Wildman–Crippen MR) is 66.4 cm³/mol. The van der Waals surface area contributed by atoms with Gasteiger partial charge in [-0.25, -0.2) is 0 Å². The molecule has 0 aliphatic heterocycles. The fraction of sp³-hybridized carbons (Fsp3) is 0.231. The molecule has 2 rings (SSSR count). The molecule has 2 aromatic heterocycles. The Labute approximate surface area is 99.2 Å². The zero-order valence-corrected chi connectivity index (χ0v) is 10.1. The van der Waals surface area contributed by atoms with Crippen LogP contribution in [0, 0.1) is 11.3 Å². The van der Waals surface area contributed by atoms with Gasteiger partial charge in [0.2, 0.25) is 0 Å². The minimum atomic E-state index is 0.441. The van der Waals surface area contributed by atoms with Crippen LogP contribution in [0.5, 0.6) is 0 Å². The molecule has 0 aromatic carbocycles. The number of hydrogen-bond donors (Lipinski definition) is 0. The molecule has 0 bridgehead atoms. The van der Waals surface area contributed by atoms with Gasteiger partial charge in [0.15, 0.2) is 0 Å². The summed E-state index contributed by atoms with van der Waals surface area (Å²) in [5.41, 5.74) is 2.23. The molecule has 0 radical (unpaired) electrons. The molecular formula is C13H12N2S. The molecule has 0 saturated carbocycles. The van der Waals surface area contributed by atoms with Crippen molar-refractivity contribution in [3.05, 3.63) is 40.9 Å². The number of nitrogens with zero attached hydrogens (tertiary/aromatic N) is 2. The monoisotopic (exact) mass is 228 g/mol. The highest BCUT2D eigenvalue weighted by Crippen LogP contribution is 2.31. The van der Waals surface area contributed by atoms with Crippen molar-refractivity contribution in [2.45, 2.75) is 19.8 Å². The molecule has 0 fully saturated rings. The summed E-state index contributed by atoms with van der Waals surface area (Å²) in [6.07, 6.45) is 1.80. The second kappa shape index (κ2) is 4.46.